The third-order valence-electron chi connectivity index (χ3n) is 3.69. The molecular formula is C16H23NO2S. The maximum atomic E-state index is 11.8. The minimum absolute atomic E-state index is 0.0361. The van der Waals surface area contributed by atoms with Gasteiger partial charge in [0.05, 0.1) is 17.9 Å². The molecule has 110 valence electrons. The first-order chi connectivity index (χ1) is 9.75. The number of carbonyl (C=O) groups excluding carboxylic acids is 1. The molecule has 0 unspecified atom stereocenters. The molecule has 1 fully saturated rings. The van der Waals surface area contributed by atoms with Gasteiger partial charge in [0.1, 0.15) is 0 Å². The molecule has 0 aliphatic heterocycles. The molecule has 3 nitrogen and oxygen atoms in total. The topological polar surface area (TPSA) is 49.3 Å². The maximum Gasteiger partial charge on any atom is 0.230 e. The van der Waals surface area contributed by atoms with Crippen molar-refractivity contribution in [2.24, 2.45) is 0 Å². The standard InChI is InChI=1S/C16H23NO2S/c18-15-9-5-4-8-14(15)17-16(19)12-20-11-10-13-6-2-1-3-7-13/h1-3,6-7,14-15,18H,4-5,8-12H2,(H,17,19)/t14-,15-/m1/s1. The number of aliphatic hydroxyl groups is 1. The molecular weight excluding hydrogens is 270 g/mol. The van der Waals surface area contributed by atoms with Crippen molar-refractivity contribution in [1.29, 1.82) is 0 Å². The van der Waals surface area contributed by atoms with Crippen LogP contribution in [0.1, 0.15) is 31.2 Å². The van der Waals surface area contributed by atoms with Crippen LogP contribution in [0.5, 0.6) is 0 Å². The van der Waals surface area contributed by atoms with Gasteiger partial charge in [-0.15, -0.1) is 0 Å². The second-order valence-corrected chi connectivity index (χ2v) is 6.42. The van der Waals surface area contributed by atoms with Crippen molar-refractivity contribution in [3.8, 4) is 0 Å². The molecule has 1 aliphatic rings. The number of rotatable bonds is 6. The summed E-state index contributed by atoms with van der Waals surface area (Å²) in [5.74, 6) is 1.48. The van der Waals surface area contributed by atoms with Crippen molar-refractivity contribution in [1.82, 2.24) is 5.32 Å². The molecule has 0 heterocycles. The summed E-state index contributed by atoms with van der Waals surface area (Å²) in [4.78, 5) is 11.8. The quantitative estimate of drug-likeness (QED) is 0.792. The number of thioether (sulfide) groups is 1. The first-order valence-electron chi connectivity index (χ1n) is 7.35. The first kappa shape index (κ1) is 15.4. The highest BCUT2D eigenvalue weighted by Crippen LogP contribution is 2.18. The summed E-state index contributed by atoms with van der Waals surface area (Å²) >= 11 is 1.65. The highest BCUT2D eigenvalue weighted by Gasteiger charge is 2.24. The van der Waals surface area contributed by atoms with Crippen molar-refractivity contribution >= 4 is 17.7 Å². The number of carbonyl (C=O) groups is 1. The van der Waals surface area contributed by atoms with E-state index >= 15 is 0 Å². The molecule has 0 aromatic heterocycles. The van der Waals surface area contributed by atoms with Crippen LogP contribution in [0, 0.1) is 0 Å². The van der Waals surface area contributed by atoms with Gasteiger partial charge in [0.2, 0.25) is 5.91 Å². The van der Waals surface area contributed by atoms with E-state index in [4.69, 9.17) is 0 Å². The van der Waals surface area contributed by atoms with Crippen molar-refractivity contribution in [3.63, 3.8) is 0 Å². The molecule has 20 heavy (non-hydrogen) atoms. The molecule has 1 aromatic carbocycles. The van der Waals surface area contributed by atoms with Crippen LogP contribution in [0.15, 0.2) is 30.3 Å². The minimum atomic E-state index is -0.359. The van der Waals surface area contributed by atoms with E-state index in [-0.39, 0.29) is 18.1 Å². The van der Waals surface area contributed by atoms with Gasteiger partial charge in [-0.2, -0.15) is 11.8 Å². The van der Waals surface area contributed by atoms with E-state index in [1.54, 1.807) is 11.8 Å². The van der Waals surface area contributed by atoms with Gasteiger partial charge in [0.15, 0.2) is 0 Å². The molecule has 0 saturated heterocycles. The molecule has 0 spiro atoms. The molecule has 2 rings (SSSR count). The largest absolute Gasteiger partial charge is 0.391 e. The molecule has 0 radical (unpaired) electrons. The number of aryl methyl sites for hydroxylation is 1. The van der Waals surface area contributed by atoms with Crippen molar-refractivity contribution < 1.29 is 9.90 Å². The molecule has 1 aliphatic carbocycles. The highest BCUT2D eigenvalue weighted by atomic mass is 32.2. The fourth-order valence-corrected chi connectivity index (χ4v) is 3.32. The van der Waals surface area contributed by atoms with Crippen LogP contribution in [0.2, 0.25) is 0 Å². The average molecular weight is 293 g/mol. The maximum absolute atomic E-state index is 11.8. The van der Waals surface area contributed by atoms with Crippen LogP contribution in [-0.4, -0.2) is 34.7 Å². The summed E-state index contributed by atoms with van der Waals surface area (Å²) in [6.45, 7) is 0. The summed E-state index contributed by atoms with van der Waals surface area (Å²) < 4.78 is 0. The lowest BCUT2D eigenvalue weighted by Gasteiger charge is -2.28. The van der Waals surface area contributed by atoms with E-state index in [0.717, 1.165) is 37.9 Å². The van der Waals surface area contributed by atoms with E-state index in [0.29, 0.717) is 5.75 Å². The Morgan fingerprint density at radius 1 is 1.25 bits per heavy atom. The molecule has 1 aromatic rings. The first-order valence-corrected chi connectivity index (χ1v) is 8.50. The van der Waals surface area contributed by atoms with Crippen LogP contribution >= 0.6 is 11.8 Å². The fraction of sp³-hybridized carbons (Fsp3) is 0.562. The Labute approximate surface area is 125 Å². The highest BCUT2D eigenvalue weighted by molar-refractivity contribution is 7.99. The molecule has 0 bridgehead atoms. The second-order valence-electron chi connectivity index (χ2n) is 5.31. The zero-order valence-corrected chi connectivity index (χ0v) is 12.6. The van der Waals surface area contributed by atoms with Crippen molar-refractivity contribution in [2.45, 2.75) is 44.2 Å². The molecule has 1 amide bonds. The van der Waals surface area contributed by atoms with Gasteiger partial charge in [-0.1, -0.05) is 43.2 Å². The summed E-state index contributed by atoms with van der Waals surface area (Å²) in [7, 11) is 0. The van der Waals surface area contributed by atoms with Crippen LogP contribution in [0.3, 0.4) is 0 Å². The molecule has 2 atom stereocenters. The van der Waals surface area contributed by atoms with E-state index in [1.165, 1.54) is 5.56 Å². The van der Waals surface area contributed by atoms with E-state index in [1.807, 2.05) is 18.2 Å². The van der Waals surface area contributed by atoms with Gasteiger partial charge in [0, 0.05) is 0 Å². The Bertz CT molecular complexity index is 410. The second kappa shape index (κ2) is 8.32. The lowest BCUT2D eigenvalue weighted by Crippen LogP contribution is -2.45. The van der Waals surface area contributed by atoms with Crippen LogP contribution in [0.4, 0.5) is 0 Å². The van der Waals surface area contributed by atoms with Gasteiger partial charge in [-0.3, -0.25) is 4.79 Å². The van der Waals surface area contributed by atoms with Crippen molar-refractivity contribution in [3.05, 3.63) is 35.9 Å². The number of amides is 1. The molecule has 2 N–H and O–H groups in total. The third-order valence-corrected chi connectivity index (χ3v) is 4.65. The Balaban J connectivity index is 1.60. The van der Waals surface area contributed by atoms with Gasteiger partial charge in [0.25, 0.3) is 0 Å². The van der Waals surface area contributed by atoms with Crippen LogP contribution < -0.4 is 5.32 Å². The summed E-state index contributed by atoms with van der Waals surface area (Å²) in [5, 5.41) is 12.8. The average Bonchev–Trinajstić information content (AvgIpc) is 2.47. The smallest absolute Gasteiger partial charge is 0.230 e. The lowest BCUT2D eigenvalue weighted by molar-refractivity contribution is -0.120. The van der Waals surface area contributed by atoms with Crippen LogP contribution in [-0.2, 0) is 11.2 Å². The number of nitrogens with one attached hydrogen (secondary N) is 1. The van der Waals surface area contributed by atoms with E-state index in [2.05, 4.69) is 17.4 Å². The van der Waals surface area contributed by atoms with Crippen LogP contribution in [0.25, 0.3) is 0 Å². The van der Waals surface area contributed by atoms with E-state index in [9.17, 15) is 9.90 Å². The Morgan fingerprint density at radius 2 is 2.00 bits per heavy atom. The summed E-state index contributed by atoms with van der Waals surface area (Å²) in [6.07, 6.45) is 4.52. The Hall–Kier alpha value is -1.00. The molecule has 1 saturated carbocycles. The van der Waals surface area contributed by atoms with Crippen molar-refractivity contribution in [2.75, 3.05) is 11.5 Å². The lowest BCUT2D eigenvalue weighted by atomic mass is 9.93. The van der Waals surface area contributed by atoms with E-state index < -0.39 is 0 Å². The number of benzene rings is 1. The van der Waals surface area contributed by atoms with Gasteiger partial charge in [-0.25, -0.2) is 0 Å². The SMILES string of the molecule is O=C(CSCCc1ccccc1)N[C@@H]1CCCC[C@H]1O. The Morgan fingerprint density at radius 3 is 2.75 bits per heavy atom. The van der Waals surface area contributed by atoms with Gasteiger partial charge in [-0.05, 0) is 30.6 Å². The summed E-state index contributed by atoms with van der Waals surface area (Å²) in [5.41, 5.74) is 1.31. The fourth-order valence-electron chi connectivity index (χ4n) is 2.53. The minimum Gasteiger partial charge on any atom is -0.391 e. The predicted octanol–water partition coefficient (Wildman–Crippen LogP) is 2.38. The number of hydrogen-bond acceptors (Lipinski definition) is 3. The zero-order chi connectivity index (χ0) is 14.2. The van der Waals surface area contributed by atoms with Gasteiger partial charge >= 0.3 is 0 Å². The monoisotopic (exact) mass is 293 g/mol. The predicted molar refractivity (Wildman–Crippen MR) is 83.9 cm³/mol. The number of aliphatic hydroxyl groups excluding tert-OH is 1. The molecule has 4 heteroatoms. The normalized spacial score (nSPS) is 22.4. The summed E-state index contributed by atoms with van der Waals surface area (Å²) in [6, 6.07) is 10.3. The third kappa shape index (κ3) is 5.17. The van der Waals surface area contributed by atoms with Gasteiger partial charge < -0.3 is 10.4 Å². The zero-order valence-electron chi connectivity index (χ0n) is 11.8. The number of hydrogen-bond donors (Lipinski definition) is 2. The Kier molecular flexibility index (Phi) is 6.40.